The van der Waals surface area contributed by atoms with Crippen LogP contribution in [0.5, 0.6) is 0 Å². The van der Waals surface area contributed by atoms with Crippen LogP contribution in [-0.4, -0.2) is 27.2 Å². The summed E-state index contributed by atoms with van der Waals surface area (Å²) in [5.74, 6) is -1.78. The number of hydrogen-bond acceptors (Lipinski definition) is 5. The lowest BCUT2D eigenvalue weighted by molar-refractivity contribution is -0.138. The Balaban J connectivity index is 1.72. The van der Waals surface area contributed by atoms with Gasteiger partial charge in [0.15, 0.2) is 0 Å². The Morgan fingerprint density at radius 2 is 2.11 bits per heavy atom. The third-order valence-corrected chi connectivity index (χ3v) is 6.83. The average Bonchev–Trinajstić information content (AvgIpc) is 3.01. The molecule has 138 valence electrons. The third-order valence-electron chi connectivity index (χ3n) is 4.07. The molecule has 3 aromatic rings. The van der Waals surface area contributed by atoms with Gasteiger partial charge in [0.25, 0.3) is 0 Å². The summed E-state index contributed by atoms with van der Waals surface area (Å²) in [4.78, 5) is 30.8. The molecule has 5 nitrogen and oxygen atoms in total. The van der Waals surface area contributed by atoms with E-state index in [2.05, 4.69) is 4.98 Å². The van der Waals surface area contributed by atoms with Crippen molar-refractivity contribution in [3.63, 3.8) is 0 Å². The van der Waals surface area contributed by atoms with Crippen LogP contribution in [0, 0.1) is 5.82 Å². The van der Waals surface area contributed by atoms with Crippen LogP contribution < -0.4 is 4.90 Å². The Bertz CT molecular complexity index is 1070. The Morgan fingerprint density at radius 3 is 2.89 bits per heavy atom. The van der Waals surface area contributed by atoms with Crippen molar-refractivity contribution >= 4 is 62.5 Å². The molecule has 1 unspecified atom stereocenters. The summed E-state index contributed by atoms with van der Waals surface area (Å²) < 4.78 is 14.2. The maximum Gasteiger partial charge on any atom is 0.305 e. The molecular formula is C18H12ClFN2O3S2. The summed E-state index contributed by atoms with van der Waals surface area (Å²) in [5.41, 5.74) is 1.15. The normalized spacial score (nSPS) is 16.6. The van der Waals surface area contributed by atoms with E-state index in [0.717, 1.165) is 4.90 Å². The first kappa shape index (κ1) is 18.2. The highest BCUT2D eigenvalue weighted by Gasteiger charge is 2.35. The maximum absolute atomic E-state index is 13.6. The molecule has 0 spiro atoms. The number of carbonyl (C=O) groups is 2. The highest BCUT2D eigenvalue weighted by Crippen LogP contribution is 2.41. The molecule has 1 atom stereocenters. The number of thiazole rings is 1. The Morgan fingerprint density at radius 1 is 1.33 bits per heavy atom. The van der Waals surface area contributed by atoms with Gasteiger partial charge in [-0.2, -0.15) is 0 Å². The number of thioether (sulfide) groups is 1. The minimum atomic E-state index is -1.03. The van der Waals surface area contributed by atoms with Gasteiger partial charge < -0.3 is 10.0 Å². The molecule has 1 N–H and O–H groups in total. The zero-order chi connectivity index (χ0) is 19.1. The number of aliphatic carboxylic acids is 1. The van der Waals surface area contributed by atoms with E-state index < -0.39 is 17.0 Å². The standard InChI is InChI=1S/C18H12ClFN2O3S2/c19-10-5-9(20)6-11-17(10)27-15(21-11)8-22-12-3-1-2-4-13(12)26-14(18(22)25)7-16(23)24/h1-6,14H,7-8H2,(H,23,24). The molecule has 0 bridgehead atoms. The van der Waals surface area contributed by atoms with Gasteiger partial charge in [-0.15, -0.1) is 23.1 Å². The number of rotatable bonds is 4. The summed E-state index contributed by atoms with van der Waals surface area (Å²) >= 11 is 8.64. The second-order valence-corrected chi connectivity index (χ2v) is 8.68. The molecule has 2 aromatic carbocycles. The molecule has 1 amide bonds. The number of fused-ring (bicyclic) bond motifs is 2. The van der Waals surface area contributed by atoms with Crippen LogP contribution in [0.4, 0.5) is 10.1 Å². The minimum absolute atomic E-state index is 0.170. The molecule has 1 aromatic heterocycles. The van der Waals surface area contributed by atoms with E-state index >= 15 is 0 Å². The van der Waals surface area contributed by atoms with Gasteiger partial charge in [-0.25, -0.2) is 9.37 Å². The number of benzene rings is 2. The smallest absolute Gasteiger partial charge is 0.305 e. The molecule has 0 saturated heterocycles. The van der Waals surface area contributed by atoms with E-state index in [1.807, 2.05) is 24.3 Å². The number of anilines is 1. The number of carboxylic acids is 1. The van der Waals surface area contributed by atoms with Crippen molar-refractivity contribution in [3.8, 4) is 0 Å². The number of para-hydroxylation sites is 1. The van der Waals surface area contributed by atoms with Gasteiger partial charge in [0.1, 0.15) is 10.8 Å². The first-order valence-electron chi connectivity index (χ1n) is 7.95. The highest BCUT2D eigenvalue weighted by molar-refractivity contribution is 8.01. The van der Waals surface area contributed by atoms with E-state index in [1.165, 1.54) is 35.2 Å². The van der Waals surface area contributed by atoms with Crippen molar-refractivity contribution in [2.45, 2.75) is 23.1 Å². The summed E-state index contributed by atoms with van der Waals surface area (Å²) in [6.45, 7) is 0.170. The van der Waals surface area contributed by atoms with Crippen molar-refractivity contribution in [2.75, 3.05) is 4.90 Å². The number of hydrogen-bond donors (Lipinski definition) is 1. The van der Waals surface area contributed by atoms with Crippen LogP contribution in [0.3, 0.4) is 0 Å². The van der Waals surface area contributed by atoms with Crippen molar-refractivity contribution in [1.29, 1.82) is 0 Å². The number of amides is 1. The van der Waals surface area contributed by atoms with Crippen molar-refractivity contribution in [2.24, 2.45) is 0 Å². The highest BCUT2D eigenvalue weighted by atomic mass is 35.5. The molecule has 4 rings (SSSR count). The monoisotopic (exact) mass is 422 g/mol. The Kier molecular flexibility index (Phi) is 4.79. The fourth-order valence-electron chi connectivity index (χ4n) is 2.94. The molecule has 0 fully saturated rings. The number of carbonyl (C=O) groups excluding carboxylic acids is 1. The first-order valence-corrected chi connectivity index (χ1v) is 10.0. The quantitative estimate of drug-likeness (QED) is 0.666. The summed E-state index contributed by atoms with van der Waals surface area (Å²) in [6.07, 6.45) is -0.259. The van der Waals surface area contributed by atoms with Gasteiger partial charge in [0.2, 0.25) is 5.91 Å². The third kappa shape index (κ3) is 3.52. The number of halogens is 2. The number of nitrogens with zero attached hydrogens (tertiary/aromatic N) is 2. The molecule has 0 aliphatic carbocycles. The SMILES string of the molecule is O=C(O)CC1Sc2ccccc2N(Cc2nc3cc(F)cc(Cl)c3s2)C1=O. The maximum atomic E-state index is 13.6. The van der Waals surface area contributed by atoms with E-state index in [1.54, 1.807) is 4.90 Å². The largest absolute Gasteiger partial charge is 0.481 e. The molecule has 2 heterocycles. The van der Waals surface area contributed by atoms with Gasteiger partial charge in [-0.1, -0.05) is 23.7 Å². The zero-order valence-electron chi connectivity index (χ0n) is 13.7. The molecule has 1 aliphatic rings. The van der Waals surface area contributed by atoms with E-state index in [4.69, 9.17) is 16.7 Å². The van der Waals surface area contributed by atoms with Crippen LogP contribution in [0.2, 0.25) is 5.02 Å². The van der Waals surface area contributed by atoms with Crippen molar-refractivity contribution in [3.05, 3.63) is 52.2 Å². The van der Waals surface area contributed by atoms with Crippen LogP contribution in [-0.2, 0) is 16.1 Å². The molecule has 0 saturated carbocycles. The van der Waals surface area contributed by atoms with Crippen LogP contribution in [0.1, 0.15) is 11.4 Å². The minimum Gasteiger partial charge on any atom is -0.481 e. The fraction of sp³-hybridized carbons (Fsp3) is 0.167. The van der Waals surface area contributed by atoms with E-state index in [0.29, 0.717) is 20.9 Å². The lowest BCUT2D eigenvalue weighted by Gasteiger charge is -2.32. The second-order valence-electron chi connectivity index (χ2n) is 5.94. The van der Waals surface area contributed by atoms with Crippen LogP contribution in [0.25, 0.3) is 10.2 Å². The zero-order valence-corrected chi connectivity index (χ0v) is 16.1. The van der Waals surface area contributed by atoms with Gasteiger partial charge in [-0.05, 0) is 18.2 Å². The predicted molar refractivity (Wildman–Crippen MR) is 104 cm³/mol. The predicted octanol–water partition coefficient (Wildman–Crippen LogP) is 4.57. The van der Waals surface area contributed by atoms with Gasteiger partial charge in [-0.3, -0.25) is 9.59 Å². The molecule has 9 heteroatoms. The van der Waals surface area contributed by atoms with Crippen LogP contribution in [0.15, 0.2) is 41.3 Å². The van der Waals surface area contributed by atoms with E-state index in [9.17, 15) is 14.0 Å². The molecule has 27 heavy (non-hydrogen) atoms. The van der Waals surface area contributed by atoms with Gasteiger partial charge in [0.05, 0.1) is 39.1 Å². The topological polar surface area (TPSA) is 70.5 Å². The average molecular weight is 423 g/mol. The van der Waals surface area contributed by atoms with Crippen LogP contribution >= 0.6 is 34.7 Å². The summed E-state index contributed by atoms with van der Waals surface area (Å²) in [6, 6.07) is 9.87. The van der Waals surface area contributed by atoms with Gasteiger partial charge >= 0.3 is 5.97 Å². The Hall–Kier alpha value is -2.16. The number of carboxylic acid groups (broad SMARTS) is 1. The fourth-order valence-corrected chi connectivity index (χ4v) is 5.41. The first-order chi connectivity index (χ1) is 12.9. The van der Waals surface area contributed by atoms with Crippen molar-refractivity contribution in [1.82, 2.24) is 4.98 Å². The van der Waals surface area contributed by atoms with E-state index in [-0.39, 0.29) is 23.9 Å². The molecular weight excluding hydrogens is 411 g/mol. The second kappa shape index (κ2) is 7.10. The van der Waals surface area contributed by atoms with Crippen molar-refractivity contribution < 1.29 is 19.1 Å². The number of aromatic nitrogens is 1. The molecule has 1 aliphatic heterocycles. The lowest BCUT2D eigenvalue weighted by Crippen LogP contribution is -2.41. The lowest BCUT2D eigenvalue weighted by atomic mass is 10.2. The van der Waals surface area contributed by atoms with Gasteiger partial charge in [0, 0.05) is 11.0 Å². The Labute approximate surface area is 166 Å². The summed E-state index contributed by atoms with van der Waals surface area (Å²) in [7, 11) is 0. The summed E-state index contributed by atoms with van der Waals surface area (Å²) in [5, 5.41) is 9.29. The molecule has 0 radical (unpaired) electrons.